The molecule has 0 fully saturated rings. The molecule has 0 unspecified atom stereocenters. The third-order valence-electron chi connectivity index (χ3n) is 2.20. The van der Waals surface area contributed by atoms with E-state index in [0.29, 0.717) is 22.1 Å². The number of benzene rings is 1. The molecule has 5 heteroatoms. The van der Waals surface area contributed by atoms with Crippen LogP contribution >= 0.6 is 11.6 Å². The second kappa shape index (κ2) is 3.97. The lowest BCUT2D eigenvalue weighted by atomic mass is 10.0. The fourth-order valence-corrected chi connectivity index (χ4v) is 1.72. The molecule has 1 aliphatic rings. The van der Waals surface area contributed by atoms with Crippen LogP contribution in [0.25, 0.3) is 0 Å². The average Bonchev–Trinajstić information content (AvgIpc) is 2.63. The van der Waals surface area contributed by atoms with Crippen LogP contribution in [0.15, 0.2) is 12.1 Å². The summed E-state index contributed by atoms with van der Waals surface area (Å²) in [5.74, 6) is 1.25. The van der Waals surface area contributed by atoms with E-state index in [1.807, 2.05) is 6.07 Å². The topological polar surface area (TPSA) is 68.3 Å². The van der Waals surface area contributed by atoms with Crippen molar-refractivity contribution in [2.45, 2.75) is 12.5 Å². The first-order valence-electron chi connectivity index (χ1n) is 4.44. The summed E-state index contributed by atoms with van der Waals surface area (Å²) >= 11 is 6.01. The molecule has 0 aliphatic carbocycles. The third-order valence-corrected chi connectivity index (χ3v) is 2.53. The molecule has 0 spiro atoms. The molecule has 0 saturated carbocycles. The molecule has 0 amide bonds. The van der Waals surface area contributed by atoms with Gasteiger partial charge in [0.2, 0.25) is 6.79 Å². The van der Waals surface area contributed by atoms with E-state index in [-0.39, 0.29) is 13.2 Å². The number of nitrogens with two attached hydrogens (primary N) is 1. The number of nitrogens with zero attached hydrogens (tertiary/aromatic N) is 1. The molecule has 1 aromatic rings. The highest BCUT2D eigenvalue weighted by Crippen LogP contribution is 2.38. The highest BCUT2D eigenvalue weighted by molar-refractivity contribution is 6.31. The monoisotopic (exact) mass is 224 g/mol. The van der Waals surface area contributed by atoms with E-state index < -0.39 is 6.04 Å². The van der Waals surface area contributed by atoms with Crippen molar-refractivity contribution in [2.24, 2.45) is 5.73 Å². The molecule has 2 rings (SSSR count). The van der Waals surface area contributed by atoms with E-state index in [0.717, 1.165) is 0 Å². The van der Waals surface area contributed by atoms with Crippen molar-refractivity contribution >= 4 is 11.6 Å². The van der Waals surface area contributed by atoms with E-state index in [1.54, 1.807) is 12.1 Å². The van der Waals surface area contributed by atoms with Gasteiger partial charge in [0, 0.05) is 17.1 Å². The Morgan fingerprint density at radius 1 is 1.47 bits per heavy atom. The molecule has 1 aromatic carbocycles. The fourth-order valence-electron chi connectivity index (χ4n) is 1.43. The van der Waals surface area contributed by atoms with Crippen molar-refractivity contribution in [1.82, 2.24) is 0 Å². The van der Waals surface area contributed by atoms with Gasteiger partial charge in [-0.1, -0.05) is 11.6 Å². The number of ether oxygens (including phenoxy) is 2. The van der Waals surface area contributed by atoms with E-state index in [2.05, 4.69) is 0 Å². The van der Waals surface area contributed by atoms with Gasteiger partial charge in [-0.15, -0.1) is 0 Å². The Kier molecular flexibility index (Phi) is 2.67. The molecule has 1 aliphatic heterocycles. The summed E-state index contributed by atoms with van der Waals surface area (Å²) in [4.78, 5) is 0. The molecule has 1 heterocycles. The van der Waals surface area contributed by atoms with Gasteiger partial charge < -0.3 is 15.2 Å². The Hall–Kier alpha value is -1.44. The van der Waals surface area contributed by atoms with Gasteiger partial charge in [-0.3, -0.25) is 0 Å². The summed E-state index contributed by atoms with van der Waals surface area (Å²) in [6.07, 6.45) is 0.222. The first kappa shape index (κ1) is 10.1. The zero-order chi connectivity index (χ0) is 10.8. The number of hydrogen-bond donors (Lipinski definition) is 1. The lowest BCUT2D eigenvalue weighted by Crippen LogP contribution is -2.09. The Morgan fingerprint density at radius 3 is 2.80 bits per heavy atom. The van der Waals surface area contributed by atoms with Gasteiger partial charge in [-0.25, -0.2) is 0 Å². The number of rotatable bonds is 2. The van der Waals surface area contributed by atoms with Crippen molar-refractivity contribution in [3.8, 4) is 17.6 Å². The average molecular weight is 225 g/mol. The molecule has 2 N–H and O–H groups in total. The standard InChI is InChI=1S/C10H9ClN2O2/c11-7-4-10-9(14-5-15-10)3-6(7)8(13)1-2-12/h3-4,8H,1,5,13H2/t8-/m0/s1. The highest BCUT2D eigenvalue weighted by Gasteiger charge is 2.19. The van der Waals surface area contributed by atoms with Crippen LogP contribution in [-0.4, -0.2) is 6.79 Å². The summed E-state index contributed by atoms with van der Waals surface area (Å²) < 4.78 is 10.4. The number of halogens is 1. The molecule has 0 bridgehead atoms. The lowest BCUT2D eigenvalue weighted by molar-refractivity contribution is 0.174. The molecule has 4 nitrogen and oxygen atoms in total. The largest absolute Gasteiger partial charge is 0.454 e. The minimum atomic E-state index is -0.392. The normalized spacial score (nSPS) is 14.7. The summed E-state index contributed by atoms with van der Waals surface area (Å²) in [5, 5.41) is 9.06. The molecule has 0 saturated heterocycles. The van der Waals surface area contributed by atoms with Crippen LogP contribution in [0.4, 0.5) is 0 Å². The first-order valence-corrected chi connectivity index (χ1v) is 4.81. The smallest absolute Gasteiger partial charge is 0.231 e. The second-order valence-corrected chi connectivity index (χ2v) is 3.60. The van der Waals surface area contributed by atoms with Crippen LogP contribution in [0.1, 0.15) is 18.0 Å². The summed E-state index contributed by atoms with van der Waals surface area (Å²) in [6, 6.07) is 5.01. The van der Waals surface area contributed by atoms with Gasteiger partial charge in [0.05, 0.1) is 12.5 Å². The Balaban J connectivity index is 2.37. The maximum atomic E-state index is 8.55. The molecule has 78 valence electrons. The molecule has 1 atom stereocenters. The summed E-state index contributed by atoms with van der Waals surface area (Å²) in [5.41, 5.74) is 6.51. The highest BCUT2D eigenvalue weighted by atomic mass is 35.5. The van der Waals surface area contributed by atoms with Crippen LogP contribution in [0, 0.1) is 11.3 Å². The summed E-state index contributed by atoms with van der Waals surface area (Å²) in [7, 11) is 0. The van der Waals surface area contributed by atoms with Crippen LogP contribution in [0.5, 0.6) is 11.5 Å². The number of fused-ring (bicyclic) bond motifs is 1. The van der Waals surface area contributed by atoms with Crippen LogP contribution in [0.3, 0.4) is 0 Å². The van der Waals surface area contributed by atoms with E-state index in [4.69, 9.17) is 32.1 Å². The predicted molar refractivity (Wildman–Crippen MR) is 54.7 cm³/mol. The van der Waals surface area contributed by atoms with Crippen molar-refractivity contribution in [3.63, 3.8) is 0 Å². The number of hydrogen-bond acceptors (Lipinski definition) is 4. The molecule has 15 heavy (non-hydrogen) atoms. The first-order chi connectivity index (χ1) is 7.22. The van der Waals surface area contributed by atoms with Gasteiger partial charge >= 0.3 is 0 Å². The second-order valence-electron chi connectivity index (χ2n) is 3.20. The van der Waals surface area contributed by atoms with Crippen molar-refractivity contribution in [2.75, 3.05) is 6.79 Å². The summed E-state index contributed by atoms with van der Waals surface area (Å²) in [6.45, 7) is 0.197. The minimum Gasteiger partial charge on any atom is -0.454 e. The van der Waals surface area contributed by atoms with Gasteiger partial charge in [0.1, 0.15) is 0 Å². The van der Waals surface area contributed by atoms with Gasteiger partial charge in [-0.05, 0) is 11.6 Å². The zero-order valence-electron chi connectivity index (χ0n) is 7.87. The SMILES string of the molecule is N#CC[C@H](N)c1cc2c(cc1Cl)OCO2. The van der Waals surface area contributed by atoms with E-state index in [1.165, 1.54) is 0 Å². The van der Waals surface area contributed by atoms with Crippen molar-refractivity contribution in [3.05, 3.63) is 22.7 Å². The van der Waals surface area contributed by atoms with Crippen LogP contribution in [-0.2, 0) is 0 Å². The predicted octanol–water partition coefficient (Wildman–Crippen LogP) is 1.98. The van der Waals surface area contributed by atoms with Crippen molar-refractivity contribution in [1.29, 1.82) is 5.26 Å². The Bertz CT molecular complexity index is 428. The Morgan fingerprint density at radius 2 is 2.13 bits per heavy atom. The van der Waals surface area contributed by atoms with Gasteiger partial charge in [0.15, 0.2) is 11.5 Å². The third kappa shape index (κ3) is 1.84. The molecular formula is C10H9ClN2O2. The zero-order valence-corrected chi connectivity index (χ0v) is 8.62. The minimum absolute atomic E-state index is 0.197. The van der Waals surface area contributed by atoms with E-state index >= 15 is 0 Å². The fraction of sp³-hybridized carbons (Fsp3) is 0.300. The maximum Gasteiger partial charge on any atom is 0.231 e. The van der Waals surface area contributed by atoms with Crippen molar-refractivity contribution < 1.29 is 9.47 Å². The maximum absolute atomic E-state index is 8.55. The van der Waals surface area contributed by atoms with Gasteiger partial charge in [-0.2, -0.15) is 5.26 Å². The van der Waals surface area contributed by atoms with Gasteiger partial charge in [0.25, 0.3) is 0 Å². The van der Waals surface area contributed by atoms with Crippen LogP contribution in [0.2, 0.25) is 5.02 Å². The van der Waals surface area contributed by atoms with E-state index in [9.17, 15) is 0 Å². The van der Waals surface area contributed by atoms with Crippen LogP contribution < -0.4 is 15.2 Å². The lowest BCUT2D eigenvalue weighted by Gasteiger charge is -2.10. The quantitative estimate of drug-likeness (QED) is 0.834. The molecule has 0 radical (unpaired) electrons. The Labute approximate surface area is 92.1 Å². The number of nitriles is 1. The molecule has 0 aromatic heterocycles. The molecular weight excluding hydrogens is 216 g/mol.